The molecule has 1 saturated carbocycles. The van der Waals surface area contributed by atoms with Crippen LogP contribution in [0.25, 0.3) is 0 Å². The Morgan fingerprint density at radius 1 is 1.18 bits per heavy atom. The number of rotatable bonds is 4. The Morgan fingerprint density at radius 3 is 2.59 bits per heavy atom. The van der Waals surface area contributed by atoms with E-state index in [1.54, 1.807) is 24.3 Å². The van der Waals surface area contributed by atoms with Crippen LogP contribution in [-0.2, 0) is 9.84 Å². The van der Waals surface area contributed by atoms with Crippen molar-refractivity contribution in [3.63, 3.8) is 0 Å². The van der Waals surface area contributed by atoms with E-state index >= 15 is 0 Å². The number of hydrogen-bond donors (Lipinski definition) is 1. The second-order valence-corrected chi connectivity index (χ2v) is 9.58. The van der Waals surface area contributed by atoms with Crippen LogP contribution in [-0.4, -0.2) is 44.7 Å². The smallest absolute Gasteiger partial charge is 0.179 e. The summed E-state index contributed by atoms with van der Waals surface area (Å²) in [6.45, 7) is 2.58. The molecular formula is C16H23BrN2O2S. The number of sulfone groups is 1. The first-order valence-corrected chi connectivity index (χ1v) is 10.4. The lowest BCUT2D eigenvalue weighted by Crippen LogP contribution is -2.38. The molecule has 0 radical (unpaired) electrons. The molecule has 6 heteroatoms. The van der Waals surface area contributed by atoms with Crippen LogP contribution in [0.5, 0.6) is 0 Å². The van der Waals surface area contributed by atoms with Gasteiger partial charge in [0.15, 0.2) is 9.84 Å². The van der Waals surface area contributed by atoms with Crippen molar-refractivity contribution in [1.29, 1.82) is 0 Å². The standard InChI is InChI=1S/C16H23BrN2O2S/c17-13-4-6-14(7-5-13)22(20,21)9-8-19-10-12-2-1-3-16(18)15(12)11-19/h4-7,12,15-16H,1-3,8-11,18H2. The van der Waals surface area contributed by atoms with Gasteiger partial charge in [-0.05, 0) is 48.9 Å². The highest BCUT2D eigenvalue weighted by atomic mass is 79.9. The van der Waals surface area contributed by atoms with Crippen molar-refractivity contribution in [2.24, 2.45) is 17.6 Å². The zero-order valence-electron chi connectivity index (χ0n) is 12.6. The molecule has 0 aromatic heterocycles. The lowest BCUT2D eigenvalue weighted by Gasteiger charge is -2.29. The van der Waals surface area contributed by atoms with Gasteiger partial charge in [0.1, 0.15) is 0 Å². The summed E-state index contributed by atoms with van der Waals surface area (Å²) in [6.07, 6.45) is 3.58. The van der Waals surface area contributed by atoms with E-state index in [1.165, 1.54) is 12.8 Å². The average molecular weight is 387 g/mol. The van der Waals surface area contributed by atoms with Gasteiger partial charge in [0.05, 0.1) is 10.6 Å². The Morgan fingerprint density at radius 2 is 1.91 bits per heavy atom. The van der Waals surface area contributed by atoms with Crippen LogP contribution in [0.15, 0.2) is 33.6 Å². The van der Waals surface area contributed by atoms with Crippen LogP contribution in [0.2, 0.25) is 0 Å². The van der Waals surface area contributed by atoms with Crippen LogP contribution >= 0.6 is 15.9 Å². The van der Waals surface area contributed by atoms with Crippen molar-refractivity contribution in [3.05, 3.63) is 28.7 Å². The number of nitrogens with zero attached hydrogens (tertiary/aromatic N) is 1. The third-order valence-corrected chi connectivity index (χ3v) is 7.32. The Labute approximate surface area is 141 Å². The number of fused-ring (bicyclic) bond motifs is 1. The molecule has 3 unspecified atom stereocenters. The summed E-state index contributed by atoms with van der Waals surface area (Å²) in [6, 6.07) is 7.18. The minimum absolute atomic E-state index is 0.184. The molecule has 4 nitrogen and oxygen atoms in total. The van der Waals surface area contributed by atoms with Crippen LogP contribution in [0.1, 0.15) is 19.3 Å². The number of halogens is 1. The maximum absolute atomic E-state index is 12.4. The molecule has 3 rings (SSSR count). The van der Waals surface area contributed by atoms with Gasteiger partial charge in [0.25, 0.3) is 0 Å². The van der Waals surface area contributed by atoms with Crippen LogP contribution in [0.4, 0.5) is 0 Å². The second kappa shape index (κ2) is 6.59. The monoisotopic (exact) mass is 386 g/mol. The first-order chi connectivity index (χ1) is 10.5. The maximum atomic E-state index is 12.4. The van der Waals surface area contributed by atoms with Gasteiger partial charge < -0.3 is 10.6 Å². The Kier molecular flexibility index (Phi) is 4.92. The van der Waals surface area contributed by atoms with E-state index in [0.29, 0.717) is 29.3 Å². The fraction of sp³-hybridized carbons (Fsp3) is 0.625. The van der Waals surface area contributed by atoms with E-state index in [9.17, 15) is 8.42 Å². The Hall–Kier alpha value is -0.430. The summed E-state index contributed by atoms with van der Waals surface area (Å²) in [5, 5.41) is 0. The third kappa shape index (κ3) is 3.55. The zero-order valence-corrected chi connectivity index (χ0v) is 15.0. The number of benzene rings is 1. The summed E-state index contributed by atoms with van der Waals surface area (Å²) < 4.78 is 25.7. The minimum Gasteiger partial charge on any atom is -0.327 e. The van der Waals surface area contributed by atoms with Crippen molar-refractivity contribution in [2.45, 2.75) is 30.2 Å². The molecule has 1 aliphatic carbocycles. The van der Waals surface area contributed by atoms with Crippen molar-refractivity contribution in [2.75, 3.05) is 25.4 Å². The van der Waals surface area contributed by atoms with Gasteiger partial charge in [-0.15, -0.1) is 0 Å². The lowest BCUT2D eigenvalue weighted by atomic mass is 9.78. The highest BCUT2D eigenvalue weighted by molar-refractivity contribution is 9.10. The molecule has 122 valence electrons. The van der Waals surface area contributed by atoms with Gasteiger partial charge in [0.2, 0.25) is 0 Å². The molecule has 1 aromatic rings. The van der Waals surface area contributed by atoms with Gasteiger partial charge in [-0.25, -0.2) is 8.42 Å². The van der Waals surface area contributed by atoms with Crippen LogP contribution < -0.4 is 5.73 Å². The molecule has 1 aliphatic heterocycles. The zero-order chi connectivity index (χ0) is 15.7. The lowest BCUT2D eigenvalue weighted by molar-refractivity contribution is 0.259. The molecule has 2 fully saturated rings. The summed E-state index contributed by atoms with van der Waals surface area (Å²) >= 11 is 3.33. The molecule has 1 heterocycles. The number of nitrogens with two attached hydrogens (primary N) is 1. The van der Waals surface area contributed by atoms with E-state index in [4.69, 9.17) is 5.73 Å². The predicted octanol–water partition coefficient (Wildman–Crippen LogP) is 2.28. The van der Waals surface area contributed by atoms with Crippen molar-refractivity contribution < 1.29 is 8.42 Å². The molecule has 22 heavy (non-hydrogen) atoms. The number of hydrogen-bond acceptors (Lipinski definition) is 4. The Balaban J connectivity index is 1.59. The molecule has 2 N–H and O–H groups in total. The van der Waals surface area contributed by atoms with Gasteiger partial charge >= 0.3 is 0 Å². The van der Waals surface area contributed by atoms with Gasteiger partial charge in [-0.2, -0.15) is 0 Å². The summed E-state index contributed by atoms with van der Waals surface area (Å²) in [7, 11) is -3.20. The second-order valence-electron chi connectivity index (χ2n) is 6.55. The summed E-state index contributed by atoms with van der Waals surface area (Å²) in [5.41, 5.74) is 6.22. The van der Waals surface area contributed by atoms with E-state index in [1.807, 2.05) is 0 Å². The predicted molar refractivity (Wildman–Crippen MR) is 91.4 cm³/mol. The quantitative estimate of drug-likeness (QED) is 0.861. The van der Waals surface area contributed by atoms with Gasteiger partial charge in [-0.1, -0.05) is 22.4 Å². The largest absolute Gasteiger partial charge is 0.327 e. The molecule has 1 saturated heterocycles. The van der Waals surface area contributed by atoms with E-state index in [2.05, 4.69) is 20.8 Å². The molecular weight excluding hydrogens is 364 g/mol. The molecule has 0 spiro atoms. The molecule has 2 aliphatic rings. The fourth-order valence-corrected chi connectivity index (χ4v) is 5.35. The number of likely N-dealkylation sites (tertiary alicyclic amines) is 1. The minimum atomic E-state index is -3.20. The van der Waals surface area contributed by atoms with Crippen LogP contribution in [0, 0.1) is 11.8 Å². The van der Waals surface area contributed by atoms with Gasteiger partial charge in [0, 0.05) is 30.1 Å². The fourth-order valence-electron chi connectivity index (χ4n) is 3.80. The normalized spacial score (nSPS) is 29.5. The summed E-state index contributed by atoms with van der Waals surface area (Å²) in [4.78, 5) is 2.70. The molecule has 0 amide bonds. The highest BCUT2D eigenvalue weighted by Crippen LogP contribution is 2.35. The Bertz CT molecular complexity index is 618. The van der Waals surface area contributed by atoms with Crippen LogP contribution in [0.3, 0.4) is 0 Å². The van der Waals surface area contributed by atoms with Gasteiger partial charge in [-0.3, -0.25) is 0 Å². The molecule has 1 aromatic carbocycles. The first-order valence-electron chi connectivity index (χ1n) is 7.92. The van der Waals surface area contributed by atoms with E-state index in [0.717, 1.165) is 24.0 Å². The van der Waals surface area contributed by atoms with E-state index in [-0.39, 0.29) is 5.75 Å². The molecule has 0 bridgehead atoms. The average Bonchev–Trinajstić information content (AvgIpc) is 2.90. The van der Waals surface area contributed by atoms with Crippen molar-refractivity contribution in [3.8, 4) is 0 Å². The highest BCUT2D eigenvalue weighted by Gasteiger charge is 2.38. The first kappa shape index (κ1) is 16.4. The topological polar surface area (TPSA) is 63.4 Å². The maximum Gasteiger partial charge on any atom is 0.179 e. The van der Waals surface area contributed by atoms with Crippen molar-refractivity contribution >= 4 is 25.8 Å². The van der Waals surface area contributed by atoms with Crippen molar-refractivity contribution in [1.82, 2.24) is 4.90 Å². The summed E-state index contributed by atoms with van der Waals surface area (Å²) in [5.74, 6) is 1.41. The van der Waals surface area contributed by atoms with E-state index < -0.39 is 9.84 Å². The SMILES string of the molecule is NC1CCCC2CN(CCS(=O)(=O)c3ccc(Br)cc3)CC12. The third-order valence-electron chi connectivity index (χ3n) is 5.08. The molecule has 3 atom stereocenters.